The fourth-order valence-corrected chi connectivity index (χ4v) is 1.84. The van der Waals surface area contributed by atoms with Crippen LogP contribution in [-0.4, -0.2) is 13.2 Å². The molecule has 0 amide bonds. The molecule has 14 heavy (non-hydrogen) atoms. The molecular formula is C12H18OSi. The van der Waals surface area contributed by atoms with Gasteiger partial charge in [-0.1, -0.05) is 49.6 Å². The zero-order valence-corrected chi connectivity index (χ0v) is 10.3. The Balaban J connectivity index is 2.98. The number of para-hydroxylation sites is 1. The highest BCUT2D eigenvalue weighted by Crippen LogP contribution is 2.23. The predicted molar refractivity (Wildman–Crippen MR) is 65.2 cm³/mol. The summed E-state index contributed by atoms with van der Waals surface area (Å²) in [5.41, 5.74) is 4.09. The molecule has 1 N–H and O–H groups in total. The summed E-state index contributed by atoms with van der Waals surface area (Å²) in [6, 6.07) is 5.83. The van der Waals surface area contributed by atoms with Crippen molar-refractivity contribution in [3.05, 3.63) is 35.0 Å². The topological polar surface area (TPSA) is 20.2 Å². The van der Waals surface area contributed by atoms with Gasteiger partial charge in [-0.25, -0.2) is 0 Å². The molecule has 1 aromatic rings. The molecule has 0 unspecified atom stereocenters. The van der Waals surface area contributed by atoms with Crippen molar-refractivity contribution >= 4 is 14.1 Å². The van der Waals surface area contributed by atoms with E-state index in [2.05, 4.69) is 25.3 Å². The van der Waals surface area contributed by atoms with Crippen LogP contribution < -0.4 is 0 Å². The maximum atomic E-state index is 9.76. The van der Waals surface area contributed by atoms with Gasteiger partial charge in [0.1, 0.15) is 5.75 Å². The monoisotopic (exact) mass is 206 g/mol. The van der Waals surface area contributed by atoms with Crippen molar-refractivity contribution in [3.63, 3.8) is 0 Å². The number of aryl methyl sites for hydroxylation is 1. The summed E-state index contributed by atoms with van der Waals surface area (Å²) in [7, 11) is -1.17. The van der Waals surface area contributed by atoms with Crippen LogP contribution in [0, 0.1) is 6.92 Å². The van der Waals surface area contributed by atoms with Crippen LogP contribution in [0.3, 0.4) is 0 Å². The van der Waals surface area contributed by atoms with Crippen molar-refractivity contribution in [1.29, 1.82) is 0 Å². The average molecular weight is 206 g/mol. The van der Waals surface area contributed by atoms with Crippen LogP contribution in [0.25, 0.3) is 6.08 Å². The average Bonchev–Trinajstić information content (AvgIpc) is 2.06. The second-order valence-corrected chi connectivity index (χ2v) is 9.78. The lowest BCUT2D eigenvalue weighted by molar-refractivity contribution is 0.470. The minimum Gasteiger partial charge on any atom is -0.507 e. The quantitative estimate of drug-likeness (QED) is 0.733. The van der Waals surface area contributed by atoms with E-state index >= 15 is 0 Å². The molecule has 0 radical (unpaired) electrons. The number of aromatic hydroxyl groups is 1. The van der Waals surface area contributed by atoms with Crippen LogP contribution in [0.5, 0.6) is 5.75 Å². The first-order chi connectivity index (χ1) is 6.40. The SMILES string of the molecule is Cc1cccc(/C=C/[Si](C)(C)C)c1O. The molecule has 0 bridgehead atoms. The molecule has 0 spiro atoms. The van der Waals surface area contributed by atoms with Gasteiger partial charge >= 0.3 is 0 Å². The molecular weight excluding hydrogens is 188 g/mol. The van der Waals surface area contributed by atoms with E-state index in [4.69, 9.17) is 0 Å². The van der Waals surface area contributed by atoms with Gasteiger partial charge in [0.05, 0.1) is 8.07 Å². The van der Waals surface area contributed by atoms with Gasteiger partial charge in [-0.15, -0.1) is 0 Å². The first kappa shape index (κ1) is 11.1. The van der Waals surface area contributed by atoms with Gasteiger partial charge in [0.2, 0.25) is 0 Å². The smallest absolute Gasteiger partial charge is 0.125 e. The van der Waals surface area contributed by atoms with Gasteiger partial charge in [-0.05, 0) is 12.5 Å². The van der Waals surface area contributed by atoms with E-state index in [1.165, 1.54) is 0 Å². The summed E-state index contributed by atoms with van der Waals surface area (Å²) < 4.78 is 0. The maximum Gasteiger partial charge on any atom is 0.125 e. The summed E-state index contributed by atoms with van der Waals surface area (Å²) in [4.78, 5) is 0. The highest BCUT2D eigenvalue weighted by Gasteiger charge is 2.07. The van der Waals surface area contributed by atoms with Gasteiger partial charge < -0.3 is 5.11 Å². The molecule has 0 atom stereocenters. The summed E-state index contributed by atoms with van der Waals surface area (Å²) >= 11 is 0. The molecule has 2 heteroatoms. The van der Waals surface area contributed by atoms with Crippen LogP contribution in [0.1, 0.15) is 11.1 Å². The van der Waals surface area contributed by atoms with E-state index in [1.807, 2.05) is 31.2 Å². The Labute approximate surface area is 87.1 Å². The molecule has 0 heterocycles. The van der Waals surface area contributed by atoms with E-state index < -0.39 is 8.07 Å². The minimum atomic E-state index is -1.17. The Bertz CT molecular complexity index is 348. The largest absolute Gasteiger partial charge is 0.507 e. The van der Waals surface area contributed by atoms with E-state index in [1.54, 1.807) is 0 Å². The second-order valence-electron chi connectivity index (χ2n) is 4.71. The summed E-state index contributed by atoms with van der Waals surface area (Å²) in [6.07, 6.45) is 2.04. The first-order valence-electron chi connectivity index (χ1n) is 4.88. The third kappa shape index (κ3) is 3.03. The van der Waals surface area contributed by atoms with Crippen molar-refractivity contribution < 1.29 is 5.11 Å². The van der Waals surface area contributed by atoms with E-state index in [0.717, 1.165) is 11.1 Å². The molecule has 0 aliphatic rings. The molecule has 1 nitrogen and oxygen atoms in total. The zero-order chi connectivity index (χ0) is 10.8. The normalized spacial score (nSPS) is 12.3. The fourth-order valence-electron chi connectivity index (χ4n) is 1.16. The van der Waals surface area contributed by atoms with E-state index in [0.29, 0.717) is 5.75 Å². The van der Waals surface area contributed by atoms with Crippen molar-refractivity contribution in [3.8, 4) is 5.75 Å². The Morgan fingerprint density at radius 3 is 2.43 bits per heavy atom. The van der Waals surface area contributed by atoms with Gasteiger partial charge in [-0.3, -0.25) is 0 Å². The number of benzene rings is 1. The Hall–Kier alpha value is -1.02. The molecule has 0 aliphatic carbocycles. The van der Waals surface area contributed by atoms with Crippen LogP contribution in [0.2, 0.25) is 19.6 Å². The lowest BCUT2D eigenvalue weighted by Gasteiger charge is -2.09. The standard InChI is InChI=1S/C12H18OSi/c1-10-6-5-7-11(12(10)13)8-9-14(2,3)4/h5-9,13H,1-4H3/b9-8+. The molecule has 0 aromatic heterocycles. The Kier molecular flexibility index (Phi) is 3.16. The van der Waals surface area contributed by atoms with Crippen molar-refractivity contribution in [2.24, 2.45) is 0 Å². The first-order valence-corrected chi connectivity index (χ1v) is 8.46. The fraction of sp³-hybridized carbons (Fsp3) is 0.333. The molecule has 0 saturated heterocycles. The van der Waals surface area contributed by atoms with Gasteiger partial charge in [0.15, 0.2) is 0 Å². The third-order valence-electron chi connectivity index (χ3n) is 2.03. The summed E-state index contributed by atoms with van der Waals surface area (Å²) in [5, 5.41) is 9.76. The summed E-state index contributed by atoms with van der Waals surface area (Å²) in [5.74, 6) is 0.405. The number of rotatable bonds is 2. The molecule has 76 valence electrons. The predicted octanol–water partition coefficient (Wildman–Crippen LogP) is 3.59. The van der Waals surface area contributed by atoms with E-state index in [9.17, 15) is 5.11 Å². The molecule has 0 fully saturated rings. The Morgan fingerprint density at radius 2 is 1.86 bits per heavy atom. The van der Waals surface area contributed by atoms with Crippen molar-refractivity contribution in [2.75, 3.05) is 0 Å². The van der Waals surface area contributed by atoms with Crippen LogP contribution in [0.15, 0.2) is 23.9 Å². The molecule has 0 aliphatic heterocycles. The van der Waals surface area contributed by atoms with E-state index in [-0.39, 0.29) is 0 Å². The highest BCUT2D eigenvalue weighted by atomic mass is 28.3. The van der Waals surface area contributed by atoms with Gasteiger partial charge in [0.25, 0.3) is 0 Å². The molecule has 1 rings (SSSR count). The lowest BCUT2D eigenvalue weighted by Crippen LogP contribution is -2.15. The number of phenols is 1. The lowest BCUT2D eigenvalue weighted by atomic mass is 10.1. The molecule has 0 saturated carbocycles. The third-order valence-corrected chi connectivity index (χ3v) is 3.20. The van der Waals surface area contributed by atoms with Crippen molar-refractivity contribution in [2.45, 2.75) is 26.6 Å². The summed E-state index contributed by atoms with van der Waals surface area (Å²) in [6.45, 7) is 8.74. The second kappa shape index (κ2) is 4.01. The van der Waals surface area contributed by atoms with Crippen LogP contribution in [-0.2, 0) is 0 Å². The number of phenolic OH excluding ortho intramolecular Hbond substituents is 1. The number of hydrogen-bond donors (Lipinski definition) is 1. The Morgan fingerprint density at radius 1 is 1.21 bits per heavy atom. The number of hydrogen-bond acceptors (Lipinski definition) is 1. The van der Waals surface area contributed by atoms with Crippen LogP contribution >= 0.6 is 0 Å². The van der Waals surface area contributed by atoms with Crippen molar-refractivity contribution in [1.82, 2.24) is 0 Å². The minimum absolute atomic E-state index is 0.405. The maximum absolute atomic E-state index is 9.76. The molecule has 1 aromatic carbocycles. The highest BCUT2D eigenvalue weighted by molar-refractivity contribution is 6.81. The van der Waals surface area contributed by atoms with Crippen LogP contribution in [0.4, 0.5) is 0 Å². The van der Waals surface area contributed by atoms with Gasteiger partial charge in [0, 0.05) is 5.56 Å². The zero-order valence-electron chi connectivity index (χ0n) is 9.33. The van der Waals surface area contributed by atoms with Gasteiger partial charge in [-0.2, -0.15) is 0 Å².